The molecule has 3 N–H and O–H groups in total. The summed E-state index contributed by atoms with van der Waals surface area (Å²) >= 11 is 5.97. The number of piperidine rings is 1. The van der Waals surface area contributed by atoms with Crippen LogP contribution in [0.3, 0.4) is 0 Å². The van der Waals surface area contributed by atoms with Gasteiger partial charge in [0, 0.05) is 57.9 Å². The molecule has 0 radical (unpaired) electrons. The molecule has 1 saturated heterocycles. The number of carbonyl (C=O) groups excluding carboxylic acids is 2. The van der Waals surface area contributed by atoms with Crippen LogP contribution in [-0.4, -0.2) is 89.2 Å². The van der Waals surface area contributed by atoms with Gasteiger partial charge in [0.05, 0.1) is 22.3 Å². The van der Waals surface area contributed by atoms with Gasteiger partial charge in [-0.3, -0.25) is 9.59 Å². The van der Waals surface area contributed by atoms with Crippen LogP contribution in [0.2, 0.25) is 5.02 Å². The molecule has 0 bridgehead atoms. The van der Waals surface area contributed by atoms with Crippen molar-refractivity contribution < 1.29 is 23.8 Å². The summed E-state index contributed by atoms with van der Waals surface area (Å²) in [4.78, 5) is 36.9. The topological polar surface area (TPSA) is 120 Å². The molecule has 2 aromatic carbocycles. The van der Waals surface area contributed by atoms with E-state index in [0.29, 0.717) is 54.8 Å². The number of aromatic nitrogens is 2. The number of carbonyl (C=O) groups is 2. The number of nitrogens with zero attached hydrogens (tertiary/aromatic N) is 4. The molecule has 1 aliphatic heterocycles. The molecule has 1 aliphatic rings. The average Bonchev–Trinajstić information content (AvgIpc) is 2.94. The minimum atomic E-state index is -1.04. The fourth-order valence-corrected chi connectivity index (χ4v) is 4.88. The fourth-order valence-electron chi connectivity index (χ4n) is 4.71. The number of fused-ring (bicyclic) bond motifs is 1. The van der Waals surface area contributed by atoms with E-state index in [0.717, 1.165) is 5.56 Å². The lowest BCUT2D eigenvalue weighted by Gasteiger charge is -2.33. The molecule has 3 aromatic rings. The van der Waals surface area contributed by atoms with E-state index in [1.807, 2.05) is 6.07 Å². The number of nitrogens with one attached hydrogen (secondary N) is 2. The number of benzene rings is 2. The number of likely N-dealkylation sites (N-methyl/N-ethyl adjacent to an activating group) is 2. The van der Waals surface area contributed by atoms with Crippen LogP contribution in [0, 0.1) is 5.82 Å². The van der Waals surface area contributed by atoms with E-state index < -0.39 is 18.0 Å². The van der Waals surface area contributed by atoms with E-state index in [-0.39, 0.29) is 28.6 Å². The molecule has 1 aromatic heterocycles. The van der Waals surface area contributed by atoms with Gasteiger partial charge in [-0.2, -0.15) is 0 Å². The Morgan fingerprint density at radius 2 is 1.98 bits per heavy atom. The van der Waals surface area contributed by atoms with Crippen molar-refractivity contribution in [3.8, 4) is 5.75 Å². The van der Waals surface area contributed by atoms with E-state index in [2.05, 4.69) is 20.6 Å². The molecule has 1 fully saturated rings. The van der Waals surface area contributed by atoms with Crippen molar-refractivity contribution in [2.24, 2.45) is 0 Å². The molecule has 2 heterocycles. The zero-order chi connectivity index (χ0) is 29.0. The maximum atomic E-state index is 14.6. The predicted octanol–water partition coefficient (Wildman–Crippen LogP) is 3.14. The number of hydrogen-bond acceptors (Lipinski definition) is 8. The van der Waals surface area contributed by atoms with Gasteiger partial charge in [-0.1, -0.05) is 17.7 Å². The van der Waals surface area contributed by atoms with Crippen LogP contribution >= 0.6 is 11.6 Å². The lowest BCUT2D eigenvalue weighted by atomic mass is 10.0. The summed E-state index contributed by atoms with van der Waals surface area (Å²) < 4.78 is 21.1. The third-order valence-electron chi connectivity index (χ3n) is 6.94. The lowest BCUT2D eigenvalue weighted by Crippen LogP contribution is -2.45. The molecule has 4 rings (SSSR count). The van der Waals surface area contributed by atoms with Crippen molar-refractivity contribution in [3.63, 3.8) is 0 Å². The predicted molar refractivity (Wildman–Crippen MR) is 151 cm³/mol. The number of rotatable bonds is 9. The summed E-state index contributed by atoms with van der Waals surface area (Å²) in [7, 11) is 5.12. The smallest absolute Gasteiger partial charge is 0.251 e. The highest BCUT2D eigenvalue weighted by atomic mass is 35.5. The molecule has 0 saturated carbocycles. The highest BCUT2D eigenvalue weighted by Crippen LogP contribution is 2.33. The Morgan fingerprint density at radius 3 is 2.62 bits per heavy atom. The SMILES string of the molecule is CNC(Cc1cc2c(Nc3cccc(Cl)c3F)ncnc2cc1OC1CCN(C(=O)[C@H](C)O)CC1)C(=O)N(C)C. The van der Waals surface area contributed by atoms with Crippen molar-refractivity contribution in [2.45, 2.75) is 44.4 Å². The number of halogens is 2. The van der Waals surface area contributed by atoms with Crippen molar-refractivity contribution >= 4 is 45.8 Å². The van der Waals surface area contributed by atoms with Crippen LogP contribution in [0.1, 0.15) is 25.3 Å². The van der Waals surface area contributed by atoms with Crippen LogP contribution in [0.5, 0.6) is 5.75 Å². The minimum Gasteiger partial charge on any atom is -0.490 e. The first-order chi connectivity index (χ1) is 19.1. The average molecular weight is 573 g/mol. The molecule has 12 heteroatoms. The highest BCUT2D eigenvalue weighted by Gasteiger charge is 2.28. The summed E-state index contributed by atoms with van der Waals surface area (Å²) in [5.74, 6) is -0.0377. The van der Waals surface area contributed by atoms with Crippen LogP contribution < -0.4 is 15.4 Å². The van der Waals surface area contributed by atoms with Crippen LogP contribution in [-0.2, 0) is 16.0 Å². The number of likely N-dealkylation sites (tertiary alicyclic amines) is 1. The second-order valence-electron chi connectivity index (χ2n) is 10.0. The number of aliphatic hydroxyl groups excluding tert-OH is 1. The van der Waals surface area contributed by atoms with Crippen LogP contribution in [0.15, 0.2) is 36.7 Å². The van der Waals surface area contributed by atoms with Gasteiger partial charge < -0.3 is 30.3 Å². The van der Waals surface area contributed by atoms with Gasteiger partial charge in [-0.05, 0) is 37.7 Å². The van der Waals surface area contributed by atoms with E-state index in [1.165, 1.54) is 24.2 Å². The van der Waals surface area contributed by atoms with Gasteiger partial charge in [0.25, 0.3) is 5.91 Å². The Hall–Kier alpha value is -3.54. The van der Waals surface area contributed by atoms with Gasteiger partial charge >= 0.3 is 0 Å². The lowest BCUT2D eigenvalue weighted by molar-refractivity contribution is -0.141. The summed E-state index contributed by atoms with van der Waals surface area (Å²) in [6, 6.07) is 7.80. The Labute approximate surface area is 237 Å². The van der Waals surface area contributed by atoms with Gasteiger partial charge in [0.1, 0.15) is 30.1 Å². The van der Waals surface area contributed by atoms with Crippen LogP contribution in [0.4, 0.5) is 15.9 Å². The zero-order valence-corrected chi connectivity index (χ0v) is 23.7. The number of ether oxygens (including phenoxy) is 1. The zero-order valence-electron chi connectivity index (χ0n) is 22.9. The molecule has 40 heavy (non-hydrogen) atoms. The monoisotopic (exact) mass is 572 g/mol. The van der Waals surface area contributed by atoms with Crippen molar-refractivity contribution in [1.29, 1.82) is 0 Å². The van der Waals surface area contributed by atoms with E-state index in [9.17, 15) is 19.1 Å². The molecule has 10 nitrogen and oxygen atoms in total. The largest absolute Gasteiger partial charge is 0.490 e. The first-order valence-corrected chi connectivity index (χ1v) is 13.5. The molecular formula is C28H34ClFN6O4. The van der Waals surface area contributed by atoms with E-state index in [4.69, 9.17) is 16.3 Å². The number of amides is 2. The normalized spacial score (nSPS) is 15.5. The third-order valence-corrected chi connectivity index (χ3v) is 7.23. The number of anilines is 2. The number of hydrogen-bond donors (Lipinski definition) is 3. The van der Waals surface area contributed by atoms with E-state index >= 15 is 0 Å². The molecule has 2 atom stereocenters. The third kappa shape index (κ3) is 6.60. The number of aliphatic hydroxyl groups is 1. The summed E-state index contributed by atoms with van der Waals surface area (Å²) in [5.41, 5.74) is 1.48. The van der Waals surface area contributed by atoms with Crippen molar-refractivity contribution in [3.05, 3.63) is 53.1 Å². The Bertz CT molecular complexity index is 1380. The van der Waals surface area contributed by atoms with Crippen molar-refractivity contribution in [1.82, 2.24) is 25.1 Å². The summed E-state index contributed by atoms with van der Waals surface area (Å²) in [6.07, 6.45) is 1.66. The van der Waals surface area contributed by atoms with Gasteiger partial charge in [0.2, 0.25) is 5.91 Å². The Balaban J connectivity index is 1.68. The summed E-state index contributed by atoms with van der Waals surface area (Å²) in [5, 5.41) is 16.3. The fraction of sp³-hybridized carbons (Fsp3) is 0.429. The highest BCUT2D eigenvalue weighted by molar-refractivity contribution is 6.31. The van der Waals surface area contributed by atoms with Crippen LogP contribution in [0.25, 0.3) is 10.9 Å². The van der Waals surface area contributed by atoms with Gasteiger partial charge in [-0.15, -0.1) is 0 Å². The molecule has 214 valence electrons. The van der Waals surface area contributed by atoms with E-state index in [1.54, 1.807) is 44.2 Å². The van der Waals surface area contributed by atoms with Crippen molar-refractivity contribution in [2.75, 3.05) is 39.5 Å². The quantitative estimate of drug-likeness (QED) is 0.358. The standard InChI is InChI=1S/C28H34ClFN6O4/c1-16(37)27(38)36-10-8-18(9-11-36)40-24-14-22-19(12-17(24)13-23(31-2)28(39)35(3)4)26(33-15-32-22)34-21-7-5-6-20(29)25(21)30/h5-7,12,14-16,18,23,31,37H,8-11,13H2,1-4H3,(H,32,33,34)/t16-,23?/m0/s1. The molecule has 0 aliphatic carbocycles. The minimum absolute atomic E-state index is 0.0139. The maximum Gasteiger partial charge on any atom is 0.251 e. The second-order valence-corrected chi connectivity index (χ2v) is 10.4. The first-order valence-electron chi connectivity index (χ1n) is 13.1. The first kappa shape index (κ1) is 29.4. The van der Waals surface area contributed by atoms with Gasteiger partial charge in [0.15, 0.2) is 5.82 Å². The molecule has 1 unspecified atom stereocenters. The maximum absolute atomic E-state index is 14.6. The van der Waals surface area contributed by atoms with Gasteiger partial charge in [-0.25, -0.2) is 14.4 Å². The molecular weight excluding hydrogens is 539 g/mol. The molecule has 2 amide bonds. The second kappa shape index (κ2) is 12.8. The molecule has 0 spiro atoms. The summed E-state index contributed by atoms with van der Waals surface area (Å²) in [6.45, 7) is 2.40. The Kier molecular flexibility index (Phi) is 9.39. The Morgan fingerprint density at radius 1 is 1.25 bits per heavy atom.